The van der Waals surface area contributed by atoms with Gasteiger partial charge < -0.3 is 25.3 Å². The Morgan fingerprint density at radius 2 is 1.10 bits per heavy atom. The number of carbonyl (C=O) groups excluding carboxylic acids is 4. The van der Waals surface area contributed by atoms with Gasteiger partial charge >= 0.3 is 0 Å². The minimum absolute atomic E-state index is 0.0705. The summed E-state index contributed by atoms with van der Waals surface area (Å²) in [5.41, 5.74) is 4.39. The zero-order valence-corrected chi connectivity index (χ0v) is 40.3. The van der Waals surface area contributed by atoms with Gasteiger partial charge in [0.1, 0.15) is 23.9 Å². The van der Waals surface area contributed by atoms with Crippen LogP contribution < -0.4 is 15.5 Å². The molecule has 5 aliphatic rings. The Balaban J connectivity index is 0.827. The van der Waals surface area contributed by atoms with Crippen LogP contribution >= 0.6 is 0 Å². The molecule has 4 fully saturated rings. The molecular formula is C56H62F5N7O4. The number of benzene rings is 4. The van der Waals surface area contributed by atoms with Crippen molar-refractivity contribution in [2.24, 2.45) is 5.92 Å². The van der Waals surface area contributed by atoms with Gasteiger partial charge in [-0.25, -0.2) is 22.0 Å². The molecule has 1 aliphatic carbocycles. The summed E-state index contributed by atoms with van der Waals surface area (Å²) in [6.45, 7) is 2.00. The quantitative estimate of drug-likeness (QED) is 0.114. The van der Waals surface area contributed by atoms with Crippen LogP contribution in [0.25, 0.3) is 0 Å². The summed E-state index contributed by atoms with van der Waals surface area (Å²) in [5.74, 6) is -7.18. The molecule has 4 aliphatic heterocycles. The van der Waals surface area contributed by atoms with E-state index < -0.39 is 36.0 Å². The molecule has 16 heteroatoms. The van der Waals surface area contributed by atoms with Crippen molar-refractivity contribution in [3.05, 3.63) is 150 Å². The van der Waals surface area contributed by atoms with Crippen LogP contribution in [-0.2, 0) is 32.3 Å². The van der Waals surface area contributed by atoms with Crippen LogP contribution in [0.3, 0.4) is 0 Å². The zero-order chi connectivity index (χ0) is 50.4. The highest BCUT2D eigenvalue weighted by atomic mass is 19.3. The van der Waals surface area contributed by atoms with Gasteiger partial charge in [-0.1, -0.05) is 78.9 Å². The highest BCUT2D eigenvalue weighted by molar-refractivity contribution is 5.99. The Kier molecular flexibility index (Phi) is 15.6. The summed E-state index contributed by atoms with van der Waals surface area (Å²) in [7, 11) is 0. The van der Waals surface area contributed by atoms with Gasteiger partial charge in [0, 0.05) is 101 Å². The van der Waals surface area contributed by atoms with Crippen LogP contribution in [0, 0.1) is 11.7 Å². The summed E-state index contributed by atoms with van der Waals surface area (Å²) < 4.78 is 70.8. The van der Waals surface area contributed by atoms with E-state index in [-0.39, 0.29) is 87.2 Å². The minimum Gasteiger partial charge on any atom is -0.363 e. The Hall–Kier alpha value is -6.39. The van der Waals surface area contributed by atoms with Gasteiger partial charge in [0.25, 0.3) is 11.8 Å². The number of likely N-dealkylation sites (tertiary alicyclic amines) is 4. The van der Waals surface area contributed by atoms with Crippen LogP contribution in [0.5, 0.6) is 0 Å². The molecule has 2 N–H and O–H groups in total. The predicted octanol–water partition coefficient (Wildman–Crippen LogP) is 9.60. The van der Waals surface area contributed by atoms with Gasteiger partial charge in [-0.15, -0.1) is 0 Å². The average molecular weight is 992 g/mol. The normalized spacial score (nSPS) is 22.8. The highest BCUT2D eigenvalue weighted by Gasteiger charge is 2.46. The third kappa shape index (κ3) is 12.1. The number of halogens is 5. The van der Waals surface area contributed by atoms with Crippen LogP contribution in [0.2, 0.25) is 0 Å². The Bertz CT molecular complexity index is 2580. The van der Waals surface area contributed by atoms with E-state index in [1.54, 1.807) is 51.1 Å². The van der Waals surface area contributed by atoms with Crippen molar-refractivity contribution in [2.75, 3.05) is 54.8 Å². The monoisotopic (exact) mass is 991 g/mol. The molecule has 0 radical (unpaired) electrons. The van der Waals surface area contributed by atoms with Crippen LogP contribution in [0.1, 0.15) is 80.5 Å². The fraction of sp³-hybridized carbons (Fsp3) is 0.429. The first kappa shape index (κ1) is 50.5. The van der Waals surface area contributed by atoms with Gasteiger partial charge in [-0.2, -0.15) is 0 Å². The van der Waals surface area contributed by atoms with Crippen LogP contribution in [0.15, 0.2) is 127 Å². The van der Waals surface area contributed by atoms with E-state index in [0.29, 0.717) is 75.2 Å². The fourth-order valence-electron chi connectivity index (χ4n) is 10.9. The van der Waals surface area contributed by atoms with E-state index in [9.17, 15) is 41.1 Å². The first-order valence-corrected chi connectivity index (χ1v) is 25.2. The molecule has 0 aromatic heterocycles. The minimum atomic E-state index is -2.77. The van der Waals surface area contributed by atoms with Crippen molar-refractivity contribution in [1.82, 2.24) is 19.6 Å². The van der Waals surface area contributed by atoms with Crippen molar-refractivity contribution in [3.63, 3.8) is 0 Å². The van der Waals surface area contributed by atoms with Crippen LogP contribution in [-0.4, -0.2) is 112 Å². The molecule has 11 nitrogen and oxygen atoms in total. The molecule has 4 amide bonds. The topological polar surface area (TPSA) is 109 Å². The van der Waals surface area contributed by atoms with E-state index in [1.165, 1.54) is 12.1 Å². The maximum Gasteiger partial charge on any atom is 0.250 e. The average Bonchev–Trinajstić information content (AvgIpc) is 4.09. The predicted molar refractivity (Wildman–Crippen MR) is 267 cm³/mol. The van der Waals surface area contributed by atoms with Crippen LogP contribution in [0.4, 0.5) is 39.0 Å². The lowest BCUT2D eigenvalue weighted by molar-refractivity contribution is -0.145. The fourth-order valence-corrected chi connectivity index (χ4v) is 10.9. The highest BCUT2D eigenvalue weighted by Crippen LogP contribution is 2.37. The van der Waals surface area contributed by atoms with Gasteiger partial charge in [0.15, 0.2) is 0 Å². The molecule has 9 rings (SSSR count). The van der Waals surface area contributed by atoms with Gasteiger partial charge in [-0.05, 0) is 97.3 Å². The molecule has 4 unspecified atom stereocenters. The zero-order valence-electron chi connectivity index (χ0n) is 40.3. The van der Waals surface area contributed by atoms with E-state index in [1.807, 2.05) is 83.8 Å². The summed E-state index contributed by atoms with van der Waals surface area (Å²) in [4.78, 5) is 65.3. The number of piperidine rings is 2. The Morgan fingerprint density at radius 3 is 1.60 bits per heavy atom. The SMILES string of the molecule is O=C(Nc1ccc(CN(Cc2ccc(NC(=O)[C@@H]3CCCN3C(=O)C(C3C=CC=CC3)N3CCC(F)(F)CC3)cc2)c2ccc(F)cc2)cc1)C1CCCN1C(=O)C(c1ccccc1)N1CCC(F)(F)CC1. The van der Waals surface area contributed by atoms with E-state index in [4.69, 9.17) is 0 Å². The molecule has 4 saturated heterocycles. The van der Waals surface area contributed by atoms with Crippen molar-refractivity contribution in [1.29, 1.82) is 0 Å². The summed E-state index contributed by atoms with van der Waals surface area (Å²) in [6.07, 6.45) is 9.33. The largest absolute Gasteiger partial charge is 0.363 e. The number of nitrogens with zero attached hydrogens (tertiary/aromatic N) is 5. The second kappa shape index (κ2) is 22.2. The number of alkyl halides is 4. The number of rotatable bonds is 15. The molecule has 0 bridgehead atoms. The third-order valence-electron chi connectivity index (χ3n) is 14.9. The van der Waals surface area contributed by atoms with Gasteiger partial charge in [0.05, 0.1) is 6.04 Å². The Morgan fingerprint density at radius 1 is 0.597 bits per heavy atom. The van der Waals surface area contributed by atoms with Crippen molar-refractivity contribution >= 4 is 40.7 Å². The maximum absolute atomic E-state index is 14.3. The molecule has 4 aromatic carbocycles. The molecule has 4 heterocycles. The number of anilines is 3. The maximum atomic E-state index is 14.3. The molecule has 380 valence electrons. The lowest BCUT2D eigenvalue weighted by Crippen LogP contribution is -2.57. The van der Waals surface area contributed by atoms with E-state index >= 15 is 0 Å². The molecule has 0 spiro atoms. The lowest BCUT2D eigenvalue weighted by atomic mass is 9.88. The van der Waals surface area contributed by atoms with E-state index in [2.05, 4.69) is 15.5 Å². The number of hydrogen-bond donors (Lipinski definition) is 2. The summed E-state index contributed by atoms with van der Waals surface area (Å²) >= 11 is 0. The number of nitrogens with one attached hydrogen (secondary N) is 2. The molecule has 72 heavy (non-hydrogen) atoms. The molecular weight excluding hydrogens is 930 g/mol. The smallest absolute Gasteiger partial charge is 0.250 e. The second-order valence-corrected chi connectivity index (χ2v) is 19.8. The standard InChI is InChI=1S/C56H62F5N7O4/c57-43-19-25-46(26-20-43)66(37-39-15-21-44(22-16-39)62-51(69)47-13-7-31-67(47)53(71)49(41-9-3-1-4-10-41)64-33-27-55(58,59)28-34-64)38-40-17-23-45(24-18-40)63-52(70)48-14-8-32-68(48)54(72)50(42-11-5-2-6-12-42)65-35-29-56(60,61)30-36-65/h1-6,9-11,15-26,42,47-50H,7-8,12-14,27-38H2,(H,62,69)(H,63,70)/t42?,47?,48-,49?,50?/m0/s1. The Labute approximate surface area is 417 Å². The van der Waals surface area contributed by atoms with Crippen molar-refractivity contribution < 1.29 is 41.1 Å². The second-order valence-electron chi connectivity index (χ2n) is 19.8. The molecule has 0 saturated carbocycles. The first-order valence-electron chi connectivity index (χ1n) is 25.2. The number of allylic oxidation sites excluding steroid dienone is 3. The number of carbonyl (C=O) groups is 4. The third-order valence-corrected chi connectivity index (χ3v) is 14.9. The summed E-state index contributed by atoms with van der Waals surface area (Å²) in [6, 6.07) is 27.3. The molecule has 5 atom stereocenters. The number of hydrogen-bond acceptors (Lipinski definition) is 7. The number of amides is 4. The first-order chi connectivity index (χ1) is 34.7. The van der Waals surface area contributed by atoms with Gasteiger partial charge in [0.2, 0.25) is 23.6 Å². The lowest BCUT2D eigenvalue weighted by Gasteiger charge is -2.41. The summed E-state index contributed by atoms with van der Waals surface area (Å²) in [5, 5.41) is 6.00. The van der Waals surface area contributed by atoms with E-state index in [0.717, 1.165) is 16.8 Å². The van der Waals surface area contributed by atoms with Crippen molar-refractivity contribution in [2.45, 2.75) is 107 Å². The van der Waals surface area contributed by atoms with Gasteiger partial charge in [-0.3, -0.25) is 29.0 Å². The van der Waals surface area contributed by atoms with Crippen molar-refractivity contribution in [3.8, 4) is 0 Å². The molecule has 4 aromatic rings.